The minimum atomic E-state index is -0.759. The highest BCUT2D eigenvalue weighted by molar-refractivity contribution is 5.92. The van der Waals surface area contributed by atoms with Crippen LogP contribution in [0, 0.1) is 11.8 Å². The van der Waals surface area contributed by atoms with Gasteiger partial charge in [-0.15, -0.1) is 0 Å². The van der Waals surface area contributed by atoms with Gasteiger partial charge in [-0.3, -0.25) is 9.59 Å². The van der Waals surface area contributed by atoms with Gasteiger partial charge in [0.15, 0.2) is 11.6 Å². The summed E-state index contributed by atoms with van der Waals surface area (Å²) < 4.78 is 10.8. The van der Waals surface area contributed by atoms with Crippen molar-refractivity contribution in [3.8, 4) is 11.1 Å². The number of hydrogen-bond acceptors (Lipinski definition) is 6. The predicted octanol–water partition coefficient (Wildman–Crippen LogP) is 8.75. The van der Waals surface area contributed by atoms with Gasteiger partial charge in [-0.05, 0) is 74.1 Å². The Morgan fingerprint density at radius 1 is 0.809 bits per heavy atom. The Balaban J connectivity index is 0.000000303. The van der Waals surface area contributed by atoms with E-state index in [1.165, 1.54) is 22.3 Å². The number of fused-ring (bicyclic) bond motifs is 3. The van der Waals surface area contributed by atoms with Crippen molar-refractivity contribution in [2.24, 2.45) is 11.8 Å². The zero-order chi connectivity index (χ0) is 34.8. The molecule has 8 heteroatoms. The van der Waals surface area contributed by atoms with Crippen LogP contribution in [-0.4, -0.2) is 47.5 Å². The van der Waals surface area contributed by atoms with Crippen molar-refractivity contribution in [1.29, 1.82) is 0 Å². The van der Waals surface area contributed by atoms with Gasteiger partial charge in [0, 0.05) is 18.8 Å². The molecule has 1 unspecified atom stereocenters. The van der Waals surface area contributed by atoms with Crippen molar-refractivity contribution in [3.63, 3.8) is 0 Å². The number of benzene rings is 2. The van der Waals surface area contributed by atoms with E-state index >= 15 is 0 Å². The Bertz CT molecular complexity index is 1320. The molecule has 1 saturated carbocycles. The van der Waals surface area contributed by atoms with E-state index in [0.29, 0.717) is 38.0 Å². The Kier molecular flexibility index (Phi) is 13.6. The molecule has 0 bridgehead atoms. The molecule has 0 aliphatic heterocycles. The van der Waals surface area contributed by atoms with Gasteiger partial charge in [-0.2, -0.15) is 0 Å². The molecule has 47 heavy (non-hydrogen) atoms. The molecule has 258 valence electrons. The second-order valence-corrected chi connectivity index (χ2v) is 14.8. The van der Waals surface area contributed by atoms with Crippen molar-refractivity contribution in [2.75, 3.05) is 6.61 Å². The number of amides is 2. The maximum Gasteiger partial charge on any atom is 0.408 e. The average molecular weight is 649 g/mol. The zero-order valence-corrected chi connectivity index (χ0v) is 29.7. The summed E-state index contributed by atoms with van der Waals surface area (Å²) >= 11 is 0. The van der Waals surface area contributed by atoms with Crippen LogP contribution in [0.2, 0.25) is 0 Å². The van der Waals surface area contributed by atoms with E-state index in [1.807, 2.05) is 58.9 Å². The molecule has 0 aromatic heterocycles. The van der Waals surface area contributed by atoms with Crippen molar-refractivity contribution >= 4 is 23.8 Å². The molecule has 0 radical (unpaired) electrons. The molecule has 2 aliphatic rings. The quantitative estimate of drug-likeness (QED) is 0.252. The number of hydrogen-bond donors (Lipinski definition) is 2. The fourth-order valence-electron chi connectivity index (χ4n) is 6.43. The lowest BCUT2D eigenvalue weighted by atomic mass is 9.76. The van der Waals surface area contributed by atoms with Crippen LogP contribution in [0.1, 0.15) is 124 Å². The minimum Gasteiger partial charge on any atom is -0.449 e. The Hall–Kier alpha value is -3.68. The zero-order valence-electron chi connectivity index (χ0n) is 29.7. The number of Topliss-reactive ketones (excluding diaryl/α,β-unsaturated/α-hetero) is 2. The lowest BCUT2D eigenvalue weighted by Gasteiger charge is -2.36. The molecule has 0 heterocycles. The molecule has 4 rings (SSSR count). The molecule has 8 nitrogen and oxygen atoms in total. The first-order chi connectivity index (χ1) is 22.2. The third-order valence-corrected chi connectivity index (χ3v) is 8.62. The van der Waals surface area contributed by atoms with Crippen LogP contribution in [0.5, 0.6) is 0 Å². The third kappa shape index (κ3) is 10.9. The van der Waals surface area contributed by atoms with Gasteiger partial charge in [0.05, 0.1) is 6.04 Å². The standard InChI is InChI=1S/C26H31NO3.C13H25NO3/c1-18(2)16-24(28)26(14-8-3-9-15-26)27-25(29)30-17-23-21-12-6-4-10-19(21)20-11-5-7-13-22(20)23;1-7-10(11(15)8-9(2)3)14-12(16)17-13(4,5)6/h4-7,10-13,18,23H,3,8-9,14-17H2,1-2H3,(H,27,29);9-10H,7-8H2,1-6H3,(H,14,16). The van der Waals surface area contributed by atoms with Gasteiger partial charge < -0.3 is 20.1 Å². The summed E-state index contributed by atoms with van der Waals surface area (Å²) in [4.78, 5) is 49.1. The number of nitrogens with one attached hydrogen (secondary N) is 2. The van der Waals surface area contributed by atoms with Crippen LogP contribution in [0.3, 0.4) is 0 Å². The van der Waals surface area contributed by atoms with E-state index in [9.17, 15) is 19.2 Å². The van der Waals surface area contributed by atoms with Gasteiger partial charge in [-0.25, -0.2) is 9.59 Å². The maximum atomic E-state index is 13.0. The Morgan fingerprint density at radius 3 is 1.83 bits per heavy atom. The molecule has 1 atom stereocenters. The molecule has 2 aromatic carbocycles. The highest BCUT2D eigenvalue weighted by atomic mass is 16.6. The van der Waals surface area contributed by atoms with Crippen molar-refractivity contribution in [3.05, 3.63) is 59.7 Å². The number of ketones is 2. The average Bonchev–Trinajstić information content (AvgIpc) is 3.31. The highest BCUT2D eigenvalue weighted by Gasteiger charge is 2.41. The lowest BCUT2D eigenvalue weighted by Crippen LogP contribution is -2.56. The number of carbonyl (C=O) groups is 4. The van der Waals surface area contributed by atoms with E-state index in [-0.39, 0.29) is 30.0 Å². The first-order valence-electron chi connectivity index (χ1n) is 17.3. The second-order valence-electron chi connectivity index (χ2n) is 14.8. The topological polar surface area (TPSA) is 111 Å². The van der Waals surface area contributed by atoms with Crippen LogP contribution < -0.4 is 10.6 Å². The van der Waals surface area contributed by atoms with Crippen LogP contribution >= 0.6 is 0 Å². The van der Waals surface area contributed by atoms with Crippen LogP contribution in [0.15, 0.2) is 48.5 Å². The number of rotatable bonds is 11. The second kappa shape index (κ2) is 16.9. The molecular weight excluding hydrogens is 592 g/mol. The van der Waals surface area contributed by atoms with Gasteiger partial charge in [0.1, 0.15) is 17.7 Å². The van der Waals surface area contributed by atoms with E-state index < -0.39 is 29.4 Å². The summed E-state index contributed by atoms with van der Waals surface area (Å²) in [6.45, 7) is 15.6. The third-order valence-electron chi connectivity index (χ3n) is 8.62. The summed E-state index contributed by atoms with van der Waals surface area (Å²) in [6, 6.07) is 16.2. The van der Waals surface area contributed by atoms with Gasteiger partial charge in [0.25, 0.3) is 0 Å². The van der Waals surface area contributed by atoms with Crippen molar-refractivity contribution in [1.82, 2.24) is 10.6 Å². The smallest absolute Gasteiger partial charge is 0.408 e. The SMILES string of the molecule is CC(C)CC(=O)C1(NC(=O)OCC2c3ccccc3-c3ccccc32)CCCCC1.CCC(NC(=O)OC(C)(C)C)C(=O)CC(C)C. The first-order valence-corrected chi connectivity index (χ1v) is 17.3. The van der Waals surface area contributed by atoms with E-state index in [4.69, 9.17) is 9.47 Å². The first kappa shape index (κ1) is 37.8. The highest BCUT2D eigenvalue weighted by Crippen LogP contribution is 2.44. The van der Waals surface area contributed by atoms with E-state index in [1.54, 1.807) is 20.8 Å². The molecule has 2 aliphatic carbocycles. The summed E-state index contributed by atoms with van der Waals surface area (Å²) in [7, 11) is 0. The Morgan fingerprint density at radius 2 is 1.34 bits per heavy atom. The van der Waals surface area contributed by atoms with Crippen LogP contribution in [0.4, 0.5) is 9.59 Å². The van der Waals surface area contributed by atoms with Gasteiger partial charge >= 0.3 is 12.2 Å². The van der Waals surface area contributed by atoms with E-state index in [0.717, 1.165) is 19.3 Å². The summed E-state index contributed by atoms with van der Waals surface area (Å²) in [5, 5.41) is 5.62. The summed E-state index contributed by atoms with van der Waals surface area (Å²) in [5.41, 5.74) is 3.50. The molecule has 2 N–H and O–H groups in total. The van der Waals surface area contributed by atoms with Crippen molar-refractivity contribution in [2.45, 2.75) is 130 Å². The normalized spacial score (nSPS) is 15.9. The summed E-state index contributed by atoms with van der Waals surface area (Å²) in [5.74, 6) is 0.813. The van der Waals surface area contributed by atoms with Crippen molar-refractivity contribution < 1.29 is 28.7 Å². The van der Waals surface area contributed by atoms with E-state index in [2.05, 4.69) is 34.9 Å². The number of alkyl carbamates (subject to hydrolysis) is 2. The number of carbonyl (C=O) groups excluding carboxylic acids is 4. The number of ether oxygens (including phenoxy) is 2. The van der Waals surface area contributed by atoms with Crippen LogP contribution in [0.25, 0.3) is 11.1 Å². The predicted molar refractivity (Wildman–Crippen MR) is 186 cm³/mol. The van der Waals surface area contributed by atoms with Gasteiger partial charge in [0.2, 0.25) is 0 Å². The molecule has 0 saturated heterocycles. The fourth-order valence-corrected chi connectivity index (χ4v) is 6.43. The summed E-state index contributed by atoms with van der Waals surface area (Å²) in [6.07, 6.45) is 5.02. The molecule has 2 aromatic rings. The Labute approximate surface area is 281 Å². The fraction of sp³-hybridized carbons (Fsp3) is 0.590. The molecule has 0 spiro atoms. The minimum absolute atomic E-state index is 0.0248. The van der Waals surface area contributed by atoms with Crippen LogP contribution in [-0.2, 0) is 19.1 Å². The molecule has 1 fully saturated rings. The lowest BCUT2D eigenvalue weighted by molar-refractivity contribution is -0.127. The maximum absolute atomic E-state index is 13.0. The van der Waals surface area contributed by atoms with Gasteiger partial charge in [-0.1, -0.05) is 102 Å². The monoisotopic (exact) mass is 648 g/mol. The molecular formula is C39H56N2O6. The molecule has 2 amide bonds. The largest absolute Gasteiger partial charge is 0.449 e.